The van der Waals surface area contributed by atoms with E-state index in [0.717, 1.165) is 37.4 Å². The van der Waals surface area contributed by atoms with Gasteiger partial charge in [-0.05, 0) is 43.7 Å². The molecule has 0 saturated carbocycles. The summed E-state index contributed by atoms with van der Waals surface area (Å²) in [4.78, 5) is 26.0. The Hall–Kier alpha value is -2.75. The van der Waals surface area contributed by atoms with E-state index in [1.54, 1.807) is 6.20 Å². The van der Waals surface area contributed by atoms with E-state index in [-0.39, 0.29) is 12.5 Å². The maximum absolute atomic E-state index is 12.6. The number of nitrogens with two attached hydrogens (primary N) is 1. The van der Waals surface area contributed by atoms with Gasteiger partial charge in [0.05, 0.1) is 25.1 Å². The Labute approximate surface area is 183 Å². The molecule has 0 bridgehead atoms. The molecule has 2 saturated heterocycles. The quantitative estimate of drug-likeness (QED) is 0.636. The average molecular weight is 426 g/mol. The molecule has 2 aromatic rings. The number of nitrogens with one attached hydrogen (secondary N) is 2. The fourth-order valence-corrected chi connectivity index (χ4v) is 3.96. The number of likely N-dealkylation sites (N-methyl/N-ethyl adjacent to an activating group) is 1. The van der Waals surface area contributed by atoms with Crippen LogP contribution in [0.15, 0.2) is 30.5 Å². The Bertz CT molecular complexity index is 878. The van der Waals surface area contributed by atoms with Gasteiger partial charge in [0.2, 0.25) is 0 Å². The molecular weight excluding hydrogens is 394 g/mol. The van der Waals surface area contributed by atoms with Gasteiger partial charge < -0.3 is 30.9 Å². The molecule has 4 rings (SSSR count). The van der Waals surface area contributed by atoms with Gasteiger partial charge in [0.25, 0.3) is 5.91 Å². The number of aromatic nitrogens is 2. The monoisotopic (exact) mass is 425 g/mol. The minimum Gasteiger partial charge on any atom is -0.378 e. The molecule has 1 amide bonds. The van der Waals surface area contributed by atoms with E-state index in [4.69, 9.17) is 15.5 Å². The molecule has 2 aliphatic heterocycles. The second-order valence-electron chi connectivity index (χ2n) is 7.95. The number of anilines is 3. The van der Waals surface area contributed by atoms with Crippen molar-refractivity contribution in [3.63, 3.8) is 0 Å². The summed E-state index contributed by atoms with van der Waals surface area (Å²) in [6.45, 7) is 4.74. The van der Waals surface area contributed by atoms with Crippen LogP contribution in [0.3, 0.4) is 0 Å². The van der Waals surface area contributed by atoms with Crippen LogP contribution in [-0.2, 0) is 11.3 Å². The summed E-state index contributed by atoms with van der Waals surface area (Å²) in [5.74, 6) is 1.48. The first-order chi connectivity index (χ1) is 15.2. The molecule has 2 aliphatic rings. The lowest BCUT2D eigenvalue weighted by atomic mass is 10.1. The average Bonchev–Trinajstić information content (AvgIpc) is 2.84. The van der Waals surface area contributed by atoms with Gasteiger partial charge in [0.15, 0.2) is 5.82 Å². The lowest BCUT2D eigenvalue weighted by Gasteiger charge is -2.32. The number of ether oxygens (including phenoxy) is 1. The third kappa shape index (κ3) is 5.12. The minimum atomic E-state index is 0.0296. The molecule has 0 radical (unpaired) electrons. The van der Waals surface area contributed by atoms with E-state index in [1.165, 1.54) is 0 Å². The standard InChI is InChI=1S/C22H31N7O2/c1-28(18-3-2-8-24-14-18)20-15-25-19(13-23)21(27-20)26-17-6-4-16(5-7-17)22(30)29-9-11-31-12-10-29/h4-7,15,18,24H,2-3,8-14,23H2,1H3,(H,26,27)/t18-/m1/s1. The zero-order chi connectivity index (χ0) is 21.6. The van der Waals surface area contributed by atoms with Crippen LogP contribution in [0.2, 0.25) is 0 Å². The number of morpholine rings is 1. The van der Waals surface area contributed by atoms with E-state index in [9.17, 15) is 4.79 Å². The molecule has 1 aromatic carbocycles. The Morgan fingerprint density at radius 2 is 2.10 bits per heavy atom. The van der Waals surface area contributed by atoms with Crippen LogP contribution in [0, 0.1) is 0 Å². The zero-order valence-corrected chi connectivity index (χ0v) is 18.0. The van der Waals surface area contributed by atoms with Crippen LogP contribution in [0.1, 0.15) is 28.9 Å². The second kappa shape index (κ2) is 10.0. The SMILES string of the molecule is CN(c1cnc(CN)c(Nc2ccc(C(=O)N3CCOCC3)cc2)n1)[C@@H]1CCCNC1. The number of piperidine rings is 1. The van der Waals surface area contributed by atoms with Crippen molar-refractivity contribution in [1.82, 2.24) is 20.2 Å². The van der Waals surface area contributed by atoms with Crippen LogP contribution < -0.4 is 21.3 Å². The smallest absolute Gasteiger partial charge is 0.254 e. The van der Waals surface area contributed by atoms with Gasteiger partial charge in [0.1, 0.15) is 5.82 Å². The fourth-order valence-electron chi connectivity index (χ4n) is 3.96. The van der Waals surface area contributed by atoms with Crippen molar-refractivity contribution >= 4 is 23.2 Å². The van der Waals surface area contributed by atoms with E-state index in [2.05, 4.69) is 27.6 Å². The summed E-state index contributed by atoms with van der Waals surface area (Å²) in [6, 6.07) is 7.83. The van der Waals surface area contributed by atoms with Gasteiger partial charge in [-0.15, -0.1) is 0 Å². The van der Waals surface area contributed by atoms with Crippen LogP contribution in [0.5, 0.6) is 0 Å². The third-order valence-electron chi connectivity index (χ3n) is 5.90. The largest absolute Gasteiger partial charge is 0.378 e. The number of hydrogen-bond acceptors (Lipinski definition) is 8. The lowest BCUT2D eigenvalue weighted by molar-refractivity contribution is 0.0303. The summed E-state index contributed by atoms with van der Waals surface area (Å²) in [7, 11) is 2.06. The molecule has 0 unspecified atom stereocenters. The van der Waals surface area contributed by atoms with Gasteiger partial charge in [-0.3, -0.25) is 9.78 Å². The van der Waals surface area contributed by atoms with Crippen molar-refractivity contribution in [1.29, 1.82) is 0 Å². The summed E-state index contributed by atoms with van der Waals surface area (Å²) in [6.07, 6.45) is 4.07. The molecule has 4 N–H and O–H groups in total. The molecule has 3 heterocycles. The molecule has 9 nitrogen and oxygen atoms in total. The predicted molar refractivity (Wildman–Crippen MR) is 121 cm³/mol. The third-order valence-corrected chi connectivity index (χ3v) is 5.90. The first-order valence-corrected chi connectivity index (χ1v) is 10.9. The summed E-state index contributed by atoms with van der Waals surface area (Å²) >= 11 is 0. The summed E-state index contributed by atoms with van der Waals surface area (Å²) in [5.41, 5.74) is 8.09. The molecule has 166 valence electrons. The van der Waals surface area contributed by atoms with Crippen LogP contribution in [-0.4, -0.2) is 73.3 Å². The number of carbonyl (C=O) groups is 1. The fraction of sp³-hybridized carbons (Fsp3) is 0.500. The number of rotatable bonds is 6. The van der Waals surface area contributed by atoms with Crippen LogP contribution in [0.25, 0.3) is 0 Å². The van der Waals surface area contributed by atoms with E-state index < -0.39 is 0 Å². The van der Waals surface area contributed by atoms with Gasteiger partial charge in [-0.2, -0.15) is 0 Å². The van der Waals surface area contributed by atoms with Crippen molar-refractivity contribution in [3.8, 4) is 0 Å². The molecule has 1 aromatic heterocycles. The first-order valence-electron chi connectivity index (χ1n) is 10.9. The maximum atomic E-state index is 12.6. The molecule has 9 heteroatoms. The highest BCUT2D eigenvalue weighted by molar-refractivity contribution is 5.94. The lowest BCUT2D eigenvalue weighted by Crippen LogP contribution is -2.44. The number of benzene rings is 1. The molecule has 0 spiro atoms. The minimum absolute atomic E-state index is 0.0296. The Morgan fingerprint density at radius 1 is 1.32 bits per heavy atom. The van der Waals surface area contributed by atoms with Gasteiger partial charge in [-0.25, -0.2) is 4.98 Å². The van der Waals surface area contributed by atoms with Crippen LogP contribution >= 0.6 is 0 Å². The summed E-state index contributed by atoms with van der Waals surface area (Å²) < 4.78 is 5.32. The number of amides is 1. The van der Waals surface area contributed by atoms with Crippen molar-refractivity contribution in [3.05, 3.63) is 41.7 Å². The van der Waals surface area contributed by atoms with Crippen molar-refractivity contribution in [2.75, 3.05) is 56.7 Å². The highest BCUT2D eigenvalue weighted by Crippen LogP contribution is 2.23. The van der Waals surface area contributed by atoms with Crippen LogP contribution in [0.4, 0.5) is 17.3 Å². The topological polar surface area (TPSA) is 109 Å². The van der Waals surface area contributed by atoms with E-state index in [1.807, 2.05) is 29.2 Å². The second-order valence-corrected chi connectivity index (χ2v) is 7.95. The molecule has 2 fully saturated rings. The van der Waals surface area contributed by atoms with Crippen molar-refractivity contribution < 1.29 is 9.53 Å². The highest BCUT2D eigenvalue weighted by atomic mass is 16.5. The zero-order valence-electron chi connectivity index (χ0n) is 18.0. The van der Waals surface area contributed by atoms with E-state index >= 15 is 0 Å². The van der Waals surface area contributed by atoms with Gasteiger partial charge >= 0.3 is 0 Å². The number of nitrogens with zero attached hydrogens (tertiary/aromatic N) is 4. The molecule has 0 aliphatic carbocycles. The van der Waals surface area contributed by atoms with Crippen molar-refractivity contribution in [2.45, 2.75) is 25.4 Å². The Kier molecular flexibility index (Phi) is 6.96. The molecule has 31 heavy (non-hydrogen) atoms. The van der Waals surface area contributed by atoms with Gasteiger partial charge in [-0.1, -0.05) is 0 Å². The number of hydrogen-bond donors (Lipinski definition) is 3. The molecule has 1 atom stereocenters. The van der Waals surface area contributed by atoms with E-state index in [0.29, 0.717) is 49.4 Å². The summed E-state index contributed by atoms with van der Waals surface area (Å²) in [5, 5.41) is 6.76. The highest BCUT2D eigenvalue weighted by Gasteiger charge is 2.21. The Morgan fingerprint density at radius 3 is 2.77 bits per heavy atom. The normalized spacial score (nSPS) is 19.2. The predicted octanol–water partition coefficient (Wildman–Crippen LogP) is 1.34. The maximum Gasteiger partial charge on any atom is 0.254 e. The first kappa shape index (κ1) is 21.5. The van der Waals surface area contributed by atoms with Gasteiger partial charge in [0, 0.05) is 50.5 Å². The number of carbonyl (C=O) groups excluding carboxylic acids is 1. The van der Waals surface area contributed by atoms with Crippen molar-refractivity contribution in [2.24, 2.45) is 5.73 Å². The Balaban J connectivity index is 1.48. The molecular formula is C22H31N7O2.